The molecule has 1 heterocycles. The Morgan fingerprint density at radius 2 is 1.58 bits per heavy atom. The van der Waals surface area contributed by atoms with Gasteiger partial charge in [-0.2, -0.15) is 0 Å². The van der Waals surface area contributed by atoms with E-state index in [1.807, 2.05) is 0 Å². The second-order valence-corrected chi connectivity index (χ2v) is 3.50. The third kappa shape index (κ3) is 1.87. The number of nitrogens with zero attached hydrogens (tertiary/aromatic N) is 3. The van der Waals surface area contributed by atoms with Crippen molar-refractivity contribution in [2.24, 2.45) is 0 Å². The Labute approximate surface area is 79.9 Å². The topological polar surface area (TPSA) is 9.72 Å². The molecule has 1 aliphatic rings. The lowest BCUT2D eigenvalue weighted by Gasteiger charge is -2.42. The summed E-state index contributed by atoms with van der Waals surface area (Å²) < 4.78 is 0. The molecule has 0 aromatic heterocycles. The van der Waals surface area contributed by atoms with E-state index in [-0.39, 0.29) is 0 Å². The molecule has 0 aliphatic carbocycles. The zero-order chi connectivity index (χ0) is 9.14. The van der Waals surface area contributed by atoms with Gasteiger partial charge in [0.25, 0.3) is 0 Å². The Bertz CT molecular complexity index is 156. The van der Waals surface area contributed by atoms with E-state index in [4.69, 9.17) is 12.2 Å². The van der Waals surface area contributed by atoms with Gasteiger partial charge in [-0.05, 0) is 33.1 Å². The van der Waals surface area contributed by atoms with Crippen LogP contribution in [0, 0.1) is 0 Å². The normalized spacial score (nSPS) is 20.4. The molecule has 0 atom stereocenters. The largest absolute Gasteiger partial charge is 0.336 e. The molecule has 0 radical (unpaired) electrons. The molecule has 0 bridgehead atoms. The minimum atomic E-state index is 0.964. The van der Waals surface area contributed by atoms with Crippen molar-refractivity contribution >= 4 is 17.3 Å². The fourth-order valence-corrected chi connectivity index (χ4v) is 1.79. The Hall–Kier alpha value is -0.350. The predicted octanol–water partition coefficient (Wildman–Crippen LogP) is 0.775. The van der Waals surface area contributed by atoms with Crippen LogP contribution >= 0.6 is 12.2 Å². The van der Waals surface area contributed by atoms with E-state index in [0.717, 1.165) is 31.5 Å². The molecule has 3 nitrogen and oxygen atoms in total. The Morgan fingerprint density at radius 3 is 1.92 bits per heavy atom. The summed E-state index contributed by atoms with van der Waals surface area (Å²) in [5, 5.41) is 0.998. The molecule has 0 spiro atoms. The van der Waals surface area contributed by atoms with Crippen molar-refractivity contribution < 1.29 is 0 Å². The van der Waals surface area contributed by atoms with Crippen LogP contribution < -0.4 is 0 Å². The Balaban J connectivity index is 2.61. The Morgan fingerprint density at radius 1 is 1.17 bits per heavy atom. The van der Waals surface area contributed by atoms with Crippen molar-refractivity contribution in [2.45, 2.75) is 13.8 Å². The smallest absolute Gasteiger partial charge is 0.173 e. The van der Waals surface area contributed by atoms with E-state index in [1.54, 1.807) is 0 Å². The highest BCUT2D eigenvalue weighted by molar-refractivity contribution is 7.80. The first-order valence-corrected chi connectivity index (χ1v) is 4.82. The molecular formula is C8H17N3S. The van der Waals surface area contributed by atoms with Gasteiger partial charge in [-0.1, -0.05) is 0 Å². The van der Waals surface area contributed by atoms with Gasteiger partial charge in [0.1, 0.15) is 0 Å². The quantitative estimate of drug-likeness (QED) is 0.591. The lowest BCUT2D eigenvalue weighted by Crippen LogP contribution is -2.56. The van der Waals surface area contributed by atoms with Gasteiger partial charge in [0.15, 0.2) is 5.11 Å². The van der Waals surface area contributed by atoms with Gasteiger partial charge < -0.3 is 9.80 Å². The van der Waals surface area contributed by atoms with Crippen molar-refractivity contribution in [1.82, 2.24) is 14.7 Å². The van der Waals surface area contributed by atoms with E-state index >= 15 is 0 Å². The summed E-state index contributed by atoms with van der Waals surface area (Å²) in [7, 11) is 2.12. The first-order chi connectivity index (χ1) is 5.69. The molecule has 4 heteroatoms. The summed E-state index contributed by atoms with van der Waals surface area (Å²) in [5.41, 5.74) is 0. The molecule has 1 fully saturated rings. The van der Waals surface area contributed by atoms with Crippen LogP contribution in [0.5, 0.6) is 0 Å². The highest BCUT2D eigenvalue weighted by atomic mass is 32.1. The maximum absolute atomic E-state index is 5.32. The first-order valence-electron chi connectivity index (χ1n) is 4.41. The van der Waals surface area contributed by atoms with Crippen LogP contribution in [0.3, 0.4) is 0 Å². The van der Waals surface area contributed by atoms with Gasteiger partial charge in [0, 0.05) is 13.1 Å². The molecule has 0 N–H and O–H groups in total. The van der Waals surface area contributed by atoms with Gasteiger partial charge in [0.05, 0.1) is 13.3 Å². The third-order valence-electron chi connectivity index (χ3n) is 2.13. The highest BCUT2D eigenvalue weighted by Gasteiger charge is 2.22. The van der Waals surface area contributed by atoms with Crippen molar-refractivity contribution in [2.75, 3.05) is 33.5 Å². The summed E-state index contributed by atoms with van der Waals surface area (Å²) in [6.07, 6.45) is 0. The van der Waals surface area contributed by atoms with E-state index in [9.17, 15) is 0 Å². The summed E-state index contributed by atoms with van der Waals surface area (Å²) in [4.78, 5) is 6.69. The Kier molecular flexibility index (Phi) is 3.29. The van der Waals surface area contributed by atoms with Gasteiger partial charge >= 0.3 is 0 Å². The van der Waals surface area contributed by atoms with Crippen LogP contribution in [0.25, 0.3) is 0 Å². The van der Waals surface area contributed by atoms with Crippen LogP contribution in [0.1, 0.15) is 13.8 Å². The predicted molar refractivity (Wildman–Crippen MR) is 54.9 cm³/mol. The SMILES string of the molecule is CCN1CN(C)CN(CC)C1=S. The van der Waals surface area contributed by atoms with Gasteiger partial charge in [0.2, 0.25) is 0 Å². The van der Waals surface area contributed by atoms with Crippen LogP contribution in [-0.2, 0) is 0 Å². The van der Waals surface area contributed by atoms with Crippen molar-refractivity contribution in [1.29, 1.82) is 0 Å². The maximum Gasteiger partial charge on any atom is 0.173 e. The summed E-state index contributed by atoms with van der Waals surface area (Å²) >= 11 is 5.32. The van der Waals surface area contributed by atoms with E-state index < -0.39 is 0 Å². The number of hydrogen-bond acceptors (Lipinski definition) is 2. The number of hydrogen-bond donors (Lipinski definition) is 0. The van der Waals surface area contributed by atoms with Crippen LogP contribution in [0.15, 0.2) is 0 Å². The molecule has 12 heavy (non-hydrogen) atoms. The summed E-state index contributed by atoms with van der Waals surface area (Å²) in [6.45, 7) is 8.20. The van der Waals surface area contributed by atoms with E-state index in [2.05, 4.69) is 35.6 Å². The van der Waals surface area contributed by atoms with E-state index in [1.165, 1.54) is 0 Å². The van der Waals surface area contributed by atoms with E-state index in [0.29, 0.717) is 0 Å². The molecule has 0 aromatic rings. The minimum Gasteiger partial charge on any atom is -0.336 e. The molecule has 0 amide bonds. The maximum atomic E-state index is 5.32. The summed E-state index contributed by atoms with van der Waals surface area (Å²) in [5.74, 6) is 0. The average molecular weight is 187 g/mol. The van der Waals surface area contributed by atoms with Gasteiger partial charge in [-0.3, -0.25) is 4.90 Å². The molecule has 1 aliphatic heterocycles. The van der Waals surface area contributed by atoms with Crippen molar-refractivity contribution in [3.63, 3.8) is 0 Å². The van der Waals surface area contributed by atoms with Crippen LogP contribution in [0.4, 0.5) is 0 Å². The summed E-state index contributed by atoms with van der Waals surface area (Å²) in [6, 6.07) is 0. The van der Waals surface area contributed by atoms with Gasteiger partial charge in [-0.15, -0.1) is 0 Å². The fourth-order valence-electron chi connectivity index (χ4n) is 1.42. The van der Waals surface area contributed by atoms with Crippen LogP contribution in [0.2, 0.25) is 0 Å². The van der Waals surface area contributed by atoms with Crippen LogP contribution in [-0.4, -0.2) is 53.3 Å². The number of thiocarbonyl (C=S) groups is 1. The first kappa shape index (κ1) is 9.74. The second kappa shape index (κ2) is 4.05. The zero-order valence-corrected chi connectivity index (χ0v) is 8.89. The molecule has 0 saturated carbocycles. The third-order valence-corrected chi connectivity index (χ3v) is 2.65. The second-order valence-electron chi connectivity index (χ2n) is 3.13. The lowest BCUT2D eigenvalue weighted by molar-refractivity contribution is 0.113. The van der Waals surface area contributed by atoms with Crippen molar-refractivity contribution in [3.05, 3.63) is 0 Å². The molecule has 1 rings (SSSR count). The van der Waals surface area contributed by atoms with Gasteiger partial charge in [-0.25, -0.2) is 0 Å². The number of rotatable bonds is 2. The average Bonchev–Trinajstić information content (AvgIpc) is 2.08. The fraction of sp³-hybridized carbons (Fsp3) is 0.875. The molecule has 0 aromatic carbocycles. The highest BCUT2D eigenvalue weighted by Crippen LogP contribution is 2.07. The molecular weight excluding hydrogens is 170 g/mol. The zero-order valence-electron chi connectivity index (χ0n) is 8.08. The minimum absolute atomic E-state index is 0.964. The van der Waals surface area contributed by atoms with Crippen molar-refractivity contribution in [3.8, 4) is 0 Å². The standard InChI is InChI=1S/C8H17N3S/c1-4-10-6-9(3)7-11(5-2)8(10)12/h4-7H2,1-3H3. The monoisotopic (exact) mass is 187 g/mol. The molecule has 70 valence electrons. The molecule has 0 unspecified atom stereocenters. The lowest BCUT2D eigenvalue weighted by atomic mass is 10.5. The molecule has 1 saturated heterocycles.